The number of rotatable bonds is 3. The lowest BCUT2D eigenvalue weighted by Crippen LogP contribution is -2.33. The Morgan fingerprint density at radius 1 is 1.44 bits per heavy atom. The fraction of sp³-hybridized carbons (Fsp3) is 0.538. The maximum absolute atomic E-state index is 3.66. The fourth-order valence-corrected chi connectivity index (χ4v) is 4.40. The Morgan fingerprint density at radius 2 is 2.25 bits per heavy atom. The third-order valence-corrected chi connectivity index (χ3v) is 5.36. The molecule has 0 saturated heterocycles. The van der Waals surface area contributed by atoms with Gasteiger partial charge in [-0.25, -0.2) is 0 Å². The topological polar surface area (TPSA) is 12.0 Å². The molecule has 0 fully saturated rings. The Hall–Kier alpha value is 0.01000. The summed E-state index contributed by atoms with van der Waals surface area (Å²) in [6, 6.07) is 7.08. The molecule has 1 aliphatic heterocycles. The van der Waals surface area contributed by atoms with Gasteiger partial charge in [-0.2, -0.15) is 11.8 Å². The minimum atomic E-state index is 0.515. The van der Waals surface area contributed by atoms with Crippen LogP contribution in [-0.2, 0) is 5.75 Å². The van der Waals surface area contributed by atoms with E-state index in [1.807, 2.05) is 0 Å². The lowest BCUT2D eigenvalue weighted by molar-refractivity contribution is 0.513. The molecular formula is C13H18BrNS. The molecular weight excluding hydrogens is 282 g/mol. The number of benzene rings is 1. The molecule has 1 N–H and O–H groups in total. The molecule has 2 atom stereocenters. The monoisotopic (exact) mass is 299 g/mol. The summed E-state index contributed by atoms with van der Waals surface area (Å²) in [5, 5.41) is 4.34. The summed E-state index contributed by atoms with van der Waals surface area (Å²) in [4.78, 5) is 0. The van der Waals surface area contributed by atoms with Gasteiger partial charge in [-0.3, -0.25) is 0 Å². The van der Waals surface area contributed by atoms with E-state index in [1.54, 1.807) is 0 Å². The normalized spacial score (nSPS) is 24.2. The van der Waals surface area contributed by atoms with E-state index in [4.69, 9.17) is 0 Å². The van der Waals surface area contributed by atoms with Crippen molar-refractivity contribution < 1.29 is 0 Å². The van der Waals surface area contributed by atoms with Crippen molar-refractivity contribution >= 4 is 27.7 Å². The van der Waals surface area contributed by atoms with Crippen molar-refractivity contribution in [3.05, 3.63) is 33.8 Å². The van der Waals surface area contributed by atoms with Gasteiger partial charge in [0.05, 0.1) is 0 Å². The van der Waals surface area contributed by atoms with Crippen LogP contribution in [0, 0.1) is 0 Å². The molecule has 3 heteroatoms. The van der Waals surface area contributed by atoms with Crippen molar-refractivity contribution in [3.63, 3.8) is 0 Å². The highest BCUT2D eigenvalue weighted by molar-refractivity contribution is 9.10. The first kappa shape index (κ1) is 12.5. The van der Waals surface area contributed by atoms with Crippen molar-refractivity contribution in [2.24, 2.45) is 0 Å². The largest absolute Gasteiger partial charge is 0.309 e. The predicted octanol–water partition coefficient (Wildman–Crippen LogP) is 4.13. The van der Waals surface area contributed by atoms with Crippen LogP contribution in [0.5, 0.6) is 0 Å². The second-order valence-electron chi connectivity index (χ2n) is 4.10. The van der Waals surface area contributed by atoms with Crippen LogP contribution >= 0.6 is 27.7 Å². The summed E-state index contributed by atoms with van der Waals surface area (Å²) in [5.74, 6) is 1.14. The Labute approximate surface area is 111 Å². The molecule has 0 saturated carbocycles. The second kappa shape index (κ2) is 5.56. The lowest BCUT2D eigenvalue weighted by atomic mass is 9.96. The first-order chi connectivity index (χ1) is 7.77. The molecule has 88 valence electrons. The maximum Gasteiger partial charge on any atom is 0.0443 e. The zero-order chi connectivity index (χ0) is 11.5. The van der Waals surface area contributed by atoms with Crippen LogP contribution in [0.4, 0.5) is 0 Å². The maximum atomic E-state index is 3.66. The van der Waals surface area contributed by atoms with Crippen molar-refractivity contribution in [2.75, 3.05) is 6.54 Å². The minimum Gasteiger partial charge on any atom is -0.309 e. The Morgan fingerprint density at radius 3 is 2.94 bits per heavy atom. The van der Waals surface area contributed by atoms with Gasteiger partial charge in [0.2, 0.25) is 0 Å². The highest BCUT2D eigenvalue weighted by Crippen LogP contribution is 2.41. The molecule has 1 aromatic rings. The number of nitrogens with one attached hydrogen (secondary N) is 1. The second-order valence-corrected chi connectivity index (χ2v) is 6.18. The van der Waals surface area contributed by atoms with Crippen molar-refractivity contribution in [1.29, 1.82) is 0 Å². The Balaban J connectivity index is 2.37. The van der Waals surface area contributed by atoms with Gasteiger partial charge in [-0.15, -0.1) is 0 Å². The van der Waals surface area contributed by atoms with E-state index in [9.17, 15) is 0 Å². The van der Waals surface area contributed by atoms with Crippen LogP contribution in [0.25, 0.3) is 0 Å². The summed E-state index contributed by atoms with van der Waals surface area (Å²) >= 11 is 5.74. The molecule has 0 radical (unpaired) electrons. The summed E-state index contributed by atoms with van der Waals surface area (Å²) in [7, 11) is 0. The highest BCUT2D eigenvalue weighted by atomic mass is 79.9. The smallest absolute Gasteiger partial charge is 0.0443 e. The average Bonchev–Trinajstić information content (AvgIpc) is 2.30. The molecule has 0 aromatic heterocycles. The van der Waals surface area contributed by atoms with Crippen molar-refractivity contribution in [3.8, 4) is 0 Å². The molecule has 16 heavy (non-hydrogen) atoms. The van der Waals surface area contributed by atoms with Gasteiger partial charge in [-0.1, -0.05) is 41.9 Å². The van der Waals surface area contributed by atoms with Crippen LogP contribution in [-0.4, -0.2) is 11.8 Å². The van der Waals surface area contributed by atoms with Crippen molar-refractivity contribution in [1.82, 2.24) is 5.32 Å². The van der Waals surface area contributed by atoms with Gasteiger partial charge in [0.25, 0.3) is 0 Å². The van der Waals surface area contributed by atoms with Crippen molar-refractivity contribution in [2.45, 2.75) is 37.3 Å². The molecule has 0 bridgehead atoms. The van der Waals surface area contributed by atoms with E-state index in [1.165, 1.54) is 22.0 Å². The number of hydrogen-bond donors (Lipinski definition) is 1. The Bertz CT molecular complexity index is 367. The zero-order valence-electron chi connectivity index (χ0n) is 9.79. The van der Waals surface area contributed by atoms with Crippen LogP contribution in [0.3, 0.4) is 0 Å². The van der Waals surface area contributed by atoms with Crippen LogP contribution in [0.2, 0.25) is 0 Å². The molecule has 1 heterocycles. The van der Waals surface area contributed by atoms with E-state index < -0.39 is 0 Å². The number of fused-ring (bicyclic) bond motifs is 1. The summed E-state index contributed by atoms with van der Waals surface area (Å²) in [5.41, 5.74) is 2.96. The quantitative estimate of drug-likeness (QED) is 0.901. The first-order valence-corrected chi connectivity index (χ1v) is 7.74. The number of hydrogen-bond acceptors (Lipinski definition) is 2. The molecule has 0 spiro atoms. The third kappa shape index (κ3) is 2.31. The third-order valence-electron chi connectivity index (χ3n) is 3.13. The lowest BCUT2D eigenvalue weighted by Gasteiger charge is -2.33. The SMILES string of the molecule is CCNC1c2cccc(Br)c2CSC1CC. The van der Waals surface area contributed by atoms with Gasteiger partial charge in [0.1, 0.15) is 0 Å². The Kier molecular flexibility index (Phi) is 4.34. The zero-order valence-corrected chi connectivity index (χ0v) is 12.2. The summed E-state index contributed by atoms with van der Waals surface area (Å²) < 4.78 is 1.26. The minimum absolute atomic E-state index is 0.515. The predicted molar refractivity (Wildman–Crippen MR) is 75.9 cm³/mol. The van der Waals surface area contributed by atoms with Crippen LogP contribution in [0.15, 0.2) is 22.7 Å². The van der Waals surface area contributed by atoms with Gasteiger partial charge >= 0.3 is 0 Å². The van der Waals surface area contributed by atoms with Gasteiger partial charge < -0.3 is 5.32 Å². The van der Waals surface area contributed by atoms with Gasteiger partial charge in [0, 0.05) is 21.5 Å². The van der Waals surface area contributed by atoms with Crippen LogP contribution < -0.4 is 5.32 Å². The molecule has 1 aromatic carbocycles. The highest BCUT2D eigenvalue weighted by Gasteiger charge is 2.28. The number of halogens is 1. The van der Waals surface area contributed by atoms with E-state index in [0.29, 0.717) is 11.3 Å². The van der Waals surface area contributed by atoms with E-state index >= 15 is 0 Å². The molecule has 0 aliphatic carbocycles. The van der Waals surface area contributed by atoms with E-state index in [-0.39, 0.29) is 0 Å². The van der Waals surface area contributed by atoms with E-state index in [0.717, 1.165) is 12.3 Å². The summed E-state index contributed by atoms with van der Waals surface area (Å²) in [6.45, 7) is 5.50. The van der Waals surface area contributed by atoms with Gasteiger partial charge in [0.15, 0.2) is 0 Å². The molecule has 1 nitrogen and oxygen atoms in total. The average molecular weight is 300 g/mol. The summed E-state index contributed by atoms with van der Waals surface area (Å²) in [6.07, 6.45) is 1.23. The molecule has 1 aliphatic rings. The van der Waals surface area contributed by atoms with Gasteiger partial charge in [-0.05, 0) is 30.2 Å². The molecule has 0 amide bonds. The van der Waals surface area contributed by atoms with Crippen LogP contribution in [0.1, 0.15) is 37.4 Å². The molecule has 2 rings (SSSR count). The number of thioether (sulfide) groups is 1. The standard InChI is InChI=1S/C13H18BrNS/c1-3-12-13(15-4-2)9-6-5-7-11(14)10(9)8-16-12/h5-7,12-13,15H,3-4,8H2,1-2H3. The van der Waals surface area contributed by atoms with E-state index in [2.05, 4.69) is 65.1 Å². The molecule has 2 unspecified atom stereocenters. The fourth-order valence-electron chi connectivity index (χ4n) is 2.32. The first-order valence-electron chi connectivity index (χ1n) is 5.90.